The molecule has 0 spiro atoms. The zero-order valence-electron chi connectivity index (χ0n) is 7.54. The van der Waals surface area contributed by atoms with Crippen molar-refractivity contribution in [2.75, 3.05) is 11.6 Å². The number of thioether (sulfide) groups is 1. The summed E-state index contributed by atoms with van der Waals surface area (Å²) in [5, 5.41) is 16.3. The second-order valence-corrected chi connectivity index (χ2v) is 3.58. The predicted molar refractivity (Wildman–Crippen MR) is 52.3 cm³/mol. The normalized spacial score (nSPS) is 11.6. The summed E-state index contributed by atoms with van der Waals surface area (Å²) in [4.78, 5) is 10.3. The Bertz CT molecular complexity index is 360. The predicted octanol–water partition coefficient (Wildman–Crippen LogP) is 0.115. The van der Waals surface area contributed by atoms with Gasteiger partial charge in [0.1, 0.15) is 6.33 Å². The first-order valence-corrected chi connectivity index (χ1v) is 4.76. The van der Waals surface area contributed by atoms with Gasteiger partial charge in [-0.1, -0.05) is 17.3 Å². The smallest absolute Gasteiger partial charge is 0.328 e. The van der Waals surface area contributed by atoms with Crippen LogP contribution in [0.1, 0.15) is 6.92 Å². The van der Waals surface area contributed by atoms with Crippen LogP contribution in [0.4, 0.5) is 0 Å². The Hall–Kier alpha value is -1.50. The summed E-state index contributed by atoms with van der Waals surface area (Å²) in [7, 11) is 0. The number of carboxylic acid groups (broad SMARTS) is 1. The minimum Gasteiger partial charge on any atom is -0.478 e. The second-order valence-electron chi connectivity index (χ2n) is 2.64. The molecule has 0 saturated carbocycles. The van der Waals surface area contributed by atoms with Gasteiger partial charge in [-0.15, -0.1) is 10.2 Å². The zero-order valence-corrected chi connectivity index (χ0v) is 8.36. The Balaban J connectivity index is 2.49. The van der Waals surface area contributed by atoms with Gasteiger partial charge in [0.25, 0.3) is 0 Å². The number of nitrogen functional groups attached to an aromatic ring is 1. The molecule has 0 aliphatic rings. The van der Waals surface area contributed by atoms with Gasteiger partial charge in [0, 0.05) is 11.8 Å². The fraction of sp³-hybridized carbons (Fsp3) is 0.286. The minimum atomic E-state index is -0.947. The van der Waals surface area contributed by atoms with Crippen LogP contribution in [0, 0.1) is 0 Å². The monoisotopic (exact) mass is 214 g/mol. The Kier molecular flexibility index (Phi) is 3.52. The highest BCUT2D eigenvalue weighted by Crippen LogP contribution is 2.15. The Morgan fingerprint density at radius 1 is 1.86 bits per heavy atom. The molecule has 1 heterocycles. The van der Waals surface area contributed by atoms with Gasteiger partial charge in [0.15, 0.2) is 0 Å². The molecule has 7 heteroatoms. The highest BCUT2D eigenvalue weighted by atomic mass is 32.2. The minimum absolute atomic E-state index is 0.530. The summed E-state index contributed by atoms with van der Waals surface area (Å²) in [6.07, 6.45) is 2.54. The lowest BCUT2D eigenvalue weighted by Gasteiger charge is -1.99. The standard InChI is InChI=1S/C7H10N4O2S/c1-5(2-6(12)13)3-14-7-10-9-4-11(7)8/h2,4H,3,8H2,1H3,(H,12,13). The maximum atomic E-state index is 10.3. The van der Waals surface area contributed by atoms with E-state index in [1.165, 1.54) is 22.8 Å². The largest absolute Gasteiger partial charge is 0.478 e. The number of hydrogen-bond acceptors (Lipinski definition) is 5. The molecular formula is C7H10N4O2S. The Morgan fingerprint density at radius 2 is 2.57 bits per heavy atom. The van der Waals surface area contributed by atoms with Crippen LogP contribution in [0.2, 0.25) is 0 Å². The summed E-state index contributed by atoms with van der Waals surface area (Å²) in [6, 6.07) is 0. The quantitative estimate of drug-likeness (QED) is 0.420. The zero-order chi connectivity index (χ0) is 10.6. The van der Waals surface area contributed by atoms with Crippen molar-refractivity contribution in [2.24, 2.45) is 0 Å². The van der Waals surface area contributed by atoms with Crippen LogP contribution in [-0.2, 0) is 4.79 Å². The van der Waals surface area contributed by atoms with Crippen LogP contribution >= 0.6 is 11.8 Å². The maximum absolute atomic E-state index is 10.3. The molecule has 14 heavy (non-hydrogen) atoms. The molecule has 0 aliphatic heterocycles. The first-order chi connectivity index (χ1) is 6.59. The summed E-state index contributed by atoms with van der Waals surface area (Å²) in [6.45, 7) is 1.73. The molecule has 6 nitrogen and oxygen atoms in total. The van der Waals surface area contributed by atoms with Gasteiger partial charge in [-0.3, -0.25) is 0 Å². The van der Waals surface area contributed by atoms with Crippen molar-refractivity contribution in [3.63, 3.8) is 0 Å². The maximum Gasteiger partial charge on any atom is 0.328 e. The topological polar surface area (TPSA) is 94.0 Å². The lowest BCUT2D eigenvalue weighted by atomic mass is 10.3. The molecular weight excluding hydrogens is 204 g/mol. The second kappa shape index (κ2) is 4.66. The van der Waals surface area contributed by atoms with Crippen molar-refractivity contribution >= 4 is 17.7 Å². The third-order valence-corrected chi connectivity index (χ3v) is 2.49. The van der Waals surface area contributed by atoms with Crippen LogP contribution in [0.3, 0.4) is 0 Å². The van der Waals surface area contributed by atoms with Gasteiger partial charge < -0.3 is 10.9 Å². The first-order valence-electron chi connectivity index (χ1n) is 3.77. The lowest BCUT2D eigenvalue weighted by molar-refractivity contribution is -0.131. The summed E-state index contributed by atoms with van der Waals surface area (Å²) >= 11 is 1.34. The van der Waals surface area contributed by atoms with E-state index in [1.54, 1.807) is 6.92 Å². The molecule has 0 amide bonds. The molecule has 1 aromatic rings. The van der Waals surface area contributed by atoms with E-state index in [9.17, 15) is 4.79 Å². The number of nitrogens with two attached hydrogens (primary N) is 1. The number of hydrogen-bond donors (Lipinski definition) is 2. The number of carboxylic acids is 1. The summed E-state index contributed by atoms with van der Waals surface area (Å²) in [5.41, 5.74) is 0.741. The molecule has 3 N–H and O–H groups in total. The number of rotatable bonds is 4. The lowest BCUT2D eigenvalue weighted by Crippen LogP contribution is -2.08. The fourth-order valence-electron chi connectivity index (χ4n) is 0.766. The molecule has 0 bridgehead atoms. The summed E-state index contributed by atoms with van der Waals surface area (Å²) in [5.74, 6) is 5.05. The van der Waals surface area contributed by atoms with Crippen molar-refractivity contribution in [2.45, 2.75) is 12.1 Å². The van der Waals surface area contributed by atoms with E-state index in [0.717, 1.165) is 11.6 Å². The highest BCUT2D eigenvalue weighted by Gasteiger charge is 2.02. The van der Waals surface area contributed by atoms with Crippen molar-refractivity contribution in [1.29, 1.82) is 0 Å². The highest BCUT2D eigenvalue weighted by molar-refractivity contribution is 7.99. The SMILES string of the molecule is CC(=CC(=O)O)CSc1nncn1N. The Labute approximate surface area is 84.8 Å². The number of aliphatic carboxylic acids is 1. The van der Waals surface area contributed by atoms with Crippen LogP contribution in [0.25, 0.3) is 0 Å². The first kappa shape index (κ1) is 10.6. The number of nitrogens with zero attached hydrogens (tertiary/aromatic N) is 3. The van der Waals surface area contributed by atoms with Gasteiger partial charge in [-0.2, -0.15) is 0 Å². The average molecular weight is 214 g/mol. The van der Waals surface area contributed by atoms with Crippen LogP contribution in [0.15, 0.2) is 23.1 Å². The summed E-state index contributed by atoms with van der Waals surface area (Å²) < 4.78 is 1.29. The van der Waals surface area contributed by atoms with Gasteiger partial charge in [0.2, 0.25) is 5.16 Å². The van der Waals surface area contributed by atoms with E-state index in [1.807, 2.05) is 0 Å². The van der Waals surface area contributed by atoms with Gasteiger partial charge in [-0.25, -0.2) is 9.47 Å². The third-order valence-electron chi connectivity index (χ3n) is 1.34. The van der Waals surface area contributed by atoms with E-state index >= 15 is 0 Å². The van der Waals surface area contributed by atoms with E-state index in [0.29, 0.717) is 10.9 Å². The molecule has 0 aromatic carbocycles. The molecule has 76 valence electrons. The molecule has 0 aliphatic carbocycles. The van der Waals surface area contributed by atoms with Crippen molar-refractivity contribution in [3.05, 3.63) is 18.0 Å². The third kappa shape index (κ3) is 3.09. The van der Waals surface area contributed by atoms with E-state index in [2.05, 4.69) is 10.2 Å². The van der Waals surface area contributed by atoms with Crippen molar-refractivity contribution in [1.82, 2.24) is 14.9 Å². The molecule has 1 aromatic heterocycles. The van der Waals surface area contributed by atoms with Crippen LogP contribution in [-0.4, -0.2) is 31.7 Å². The molecule has 0 radical (unpaired) electrons. The van der Waals surface area contributed by atoms with E-state index in [4.69, 9.17) is 10.9 Å². The van der Waals surface area contributed by atoms with E-state index in [-0.39, 0.29) is 0 Å². The molecule has 0 fully saturated rings. The van der Waals surface area contributed by atoms with Gasteiger partial charge >= 0.3 is 5.97 Å². The van der Waals surface area contributed by atoms with Crippen molar-refractivity contribution in [3.8, 4) is 0 Å². The number of aromatic nitrogens is 3. The fourth-order valence-corrected chi connectivity index (χ4v) is 1.51. The van der Waals surface area contributed by atoms with Crippen LogP contribution < -0.4 is 5.84 Å². The average Bonchev–Trinajstić information content (AvgIpc) is 2.46. The van der Waals surface area contributed by atoms with Gasteiger partial charge in [-0.05, 0) is 6.92 Å². The van der Waals surface area contributed by atoms with Crippen LogP contribution in [0.5, 0.6) is 0 Å². The van der Waals surface area contributed by atoms with Gasteiger partial charge in [0.05, 0.1) is 0 Å². The molecule has 0 atom stereocenters. The molecule has 0 saturated heterocycles. The van der Waals surface area contributed by atoms with E-state index < -0.39 is 5.97 Å². The molecule has 0 unspecified atom stereocenters. The Morgan fingerprint density at radius 3 is 3.07 bits per heavy atom. The number of carbonyl (C=O) groups is 1. The van der Waals surface area contributed by atoms with Crippen molar-refractivity contribution < 1.29 is 9.90 Å². The molecule has 1 rings (SSSR count).